The van der Waals surface area contributed by atoms with E-state index < -0.39 is 0 Å². The highest BCUT2D eigenvalue weighted by Gasteiger charge is 1.94. The summed E-state index contributed by atoms with van der Waals surface area (Å²) >= 11 is 0. The first-order chi connectivity index (χ1) is 8.83. The van der Waals surface area contributed by atoms with Gasteiger partial charge in [0, 0.05) is 19.4 Å². The Balaban J connectivity index is 1.91. The molecule has 1 aromatic rings. The van der Waals surface area contributed by atoms with Crippen molar-refractivity contribution in [2.75, 3.05) is 45.9 Å². The van der Waals surface area contributed by atoms with Crippen LogP contribution in [-0.2, 0) is 20.6 Å². The van der Waals surface area contributed by atoms with Gasteiger partial charge in [-0.1, -0.05) is 12.1 Å². The maximum atomic E-state index is 5.62. The van der Waals surface area contributed by atoms with Crippen LogP contribution in [0.3, 0.4) is 0 Å². The van der Waals surface area contributed by atoms with Gasteiger partial charge in [0.15, 0.2) is 0 Å². The smallest absolute Gasteiger partial charge is 0.0701 e. The zero-order valence-corrected chi connectivity index (χ0v) is 11.1. The molecule has 4 heteroatoms. The van der Waals surface area contributed by atoms with Crippen LogP contribution >= 0.6 is 0 Å². The molecule has 0 aliphatic heterocycles. The number of methoxy groups -OCH3 is 1. The summed E-state index contributed by atoms with van der Waals surface area (Å²) in [5.74, 6) is 0. The Hall–Kier alpha value is -1.10. The minimum absolute atomic E-state index is 0.630. The molecule has 0 aliphatic carbocycles. The Kier molecular flexibility index (Phi) is 8.21. The van der Waals surface area contributed by atoms with Gasteiger partial charge >= 0.3 is 0 Å². The van der Waals surface area contributed by atoms with Gasteiger partial charge in [0.25, 0.3) is 0 Å². The van der Waals surface area contributed by atoms with E-state index in [1.807, 2.05) is 12.1 Å². The zero-order chi connectivity index (χ0) is 13.1. The van der Waals surface area contributed by atoms with Gasteiger partial charge in [-0.3, -0.25) is 0 Å². The number of hydrogen-bond donors (Lipinski definition) is 1. The van der Waals surface area contributed by atoms with Gasteiger partial charge in [-0.15, -0.1) is 0 Å². The molecule has 102 valence electrons. The summed E-state index contributed by atoms with van der Waals surface area (Å²) in [5, 5.41) is 0. The number of nitrogens with two attached hydrogens (primary N) is 1. The molecule has 0 bridgehead atoms. The molecule has 0 saturated carbocycles. The summed E-state index contributed by atoms with van der Waals surface area (Å²) in [6, 6.07) is 7.98. The number of nitrogen functional groups attached to an aromatic ring is 1. The topological polar surface area (TPSA) is 53.7 Å². The lowest BCUT2D eigenvalue weighted by Crippen LogP contribution is -2.09. The van der Waals surface area contributed by atoms with Gasteiger partial charge in [0.1, 0.15) is 0 Å². The molecule has 2 N–H and O–H groups in total. The second kappa shape index (κ2) is 9.88. The molecule has 0 aromatic heterocycles. The summed E-state index contributed by atoms with van der Waals surface area (Å²) in [5.41, 5.74) is 7.73. The molecule has 0 spiro atoms. The second-order valence-electron chi connectivity index (χ2n) is 4.06. The van der Waals surface area contributed by atoms with Crippen molar-refractivity contribution in [1.29, 1.82) is 0 Å². The zero-order valence-electron chi connectivity index (χ0n) is 11.1. The summed E-state index contributed by atoms with van der Waals surface area (Å²) in [7, 11) is 1.66. The fraction of sp³-hybridized carbons (Fsp3) is 0.571. The van der Waals surface area contributed by atoms with Gasteiger partial charge in [-0.2, -0.15) is 0 Å². The number of hydrogen-bond acceptors (Lipinski definition) is 4. The minimum atomic E-state index is 0.630. The highest BCUT2D eigenvalue weighted by molar-refractivity contribution is 5.39. The molecule has 0 atom stereocenters. The number of rotatable bonds is 10. The molecule has 4 nitrogen and oxygen atoms in total. The van der Waals surface area contributed by atoms with Crippen LogP contribution in [0.4, 0.5) is 5.69 Å². The van der Waals surface area contributed by atoms with E-state index in [0.717, 1.165) is 25.1 Å². The lowest BCUT2D eigenvalue weighted by Gasteiger charge is -2.06. The van der Waals surface area contributed by atoms with Crippen LogP contribution in [0.25, 0.3) is 0 Å². The molecule has 18 heavy (non-hydrogen) atoms. The van der Waals surface area contributed by atoms with E-state index in [2.05, 4.69) is 12.1 Å². The molecular formula is C14H23NO3. The summed E-state index contributed by atoms with van der Waals surface area (Å²) in [6.45, 7) is 3.30. The van der Waals surface area contributed by atoms with Gasteiger partial charge in [-0.05, 0) is 30.5 Å². The van der Waals surface area contributed by atoms with Crippen molar-refractivity contribution in [3.05, 3.63) is 29.8 Å². The Morgan fingerprint density at radius 1 is 0.889 bits per heavy atom. The lowest BCUT2D eigenvalue weighted by molar-refractivity contribution is 0.0244. The minimum Gasteiger partial charge on any atom is -0.399 e. The molecule has 0 radical (unpaired) electrons. The van der Waals surface area contributed by atoms with Crippen molar-refractivity contribution in [1.82, 2.24) is 0 Å². The van der Waals surface area contributed by atoms with Crippen molar-refractivity contribution in [2.24, 2.45) is 0 Å². The summed E-state index contributed by atoms with van der Waals surface area (Å²) in [4.78, 5) is 0. The van der Waals surface area contributed by atoms with Crippen LogP contribution in [0.15, 0.2) is 24.3 Å². The van der Waals surface area contributed by atoms with Crippen molar-refractivity contribution in [2.45, 2.75) is 12.8 Å². The predicted octanol–water partition coefficient (Wildman–Crippen LogP) is 1.88. The van der Waals surface area contributed by atoms with Crippen LogP contribution < -0.4 is 5.73 Å². The van der Waals surface area contributed by atoms with E-state index >= 15 is 0 Å². The number of benzene rings is 1. The van der Waals surface area contributed by atoms with Crippen LogP contribution in [0, 0.1) is 0 Å². The largest absolute Gasteiger partial charge is 0.399 e. The fourth-order valence-corrected chi connectivity index (χ4v) is 1.53. The molecule has 0 amide bonds. The average molecular weight is 253 g/mol. The molecule has 1 aromatic carbocycles. The predicted molar refractivity (Wildman–Crippen MR) is 72.7 cm³/mol. The Labute approximate surface area is 109 Å². The van der Waals surface area contributed by atoms with Crippen molar-refractivity contribution in [3.8, 4) is 0 Å². The van der Waals surface area contributed by atoms with Crippen LogP contribution in [-0.4, -0.2) is 40.1 Å². The van der Waals surface area contributed by atoms with Crippen LogP contribution in [0.1, 0.15) is 12.0 Å². The van der Waals surface area contributed by atoms with Crippen molar-refractivity contribution in [3.63, 3.8) is 0 Å². The summed E-state index contributed by atoms with van der Waals surface area (Å²) in [6.07, 6.45) is 2.03. The molecule has 0 unspecified atom stereocenters. The lowest BCUT2D eigenvalue weighted by atomic mass is 10.1. The van der Waals surface area contributed by atoms with Crippen molar-refractivity contribution < 1.29 is 14.2 Å². The average Bonchev–Trinajstić information content (AvgIpc) is 2.39. The van der Waals surface area contributed by atoms with E-state index in [0.29, 0.717) is 26.4 Å². The Morgan fingerprint density at radius 2 is 1.50 bits per heavy atom. The molecule has 0 saturated heterocycles. The Morgan fingerprint density at radius 3 is 2.17 bits per heavy atom. The van der Waals surface area contributed by atoms with Gasteiger partial charge in [0.2, 0.25) is 0 Å². The van der Waals surface area contributed by atoms with Crippen LogP contribution in [0.5, 0.6) is 0 Å². The maximum absolute atomic E-state index is 5.62. The number of ether oxygens (including phenoxy) is 3. The monoisotopic (exact) mass is 253 g/mol. The molecule has 0 aliphatic rings. The quantitative estimate of drug-likeness (QED) is 0.511. The molecule has 0 heterocycles. The highest BCUT2D eigenvalue weighted by atomic mass is 16.5. The third-order valence-corrected chi connectivity index (χ3v) is 2.54. The molecule has 1 rings (SSSR count). The second-order valence-corrected chi connectivity index (χ2v) is 4.06. The first-order valence-electron chi connectivity index (χ1n) is 6.32. The fourth-order valence-electron chi connectivity index (χ4n) is 1.53. The van der Waals surface area contributed by atoms with E-state index in [9.17, 15) is 0 Å². The van der Waals surface area contributed by atoms with Crippen molar-refractivity contribution >= 4 is 5.69 Å². The van der Waals surface area contributed by atoms with E-state index in [-0.39, 0.29) is 0 Å². The normalized spacial score (nSPS) is 10.7. The molecular weight excluding hydrogens is 230 g/mol. The standard InChI is InChI=1S/C14H23NO3/c1-16-9-10-18-12-11-17-8-2-3-13-4-6-14(15)7-5-13/h4-7H,2-3,8-12,15H2,1H3. The van der Waals surface area contributed by atoms with E-state index in [1.54, 1.807) is 7.11 Å². The van der Waals surface area contributed by atoms with Gasteiger partial charge in [0.05, 0.1) is 26.4 Å². The summed E-state index contributed by atoms with van der Waals surface area (Å²) < 4.78 is 15.6. The number of anilines is 1. The van der Waals surface area contributed by atoms with E-state index in [4.69, 9.17) is 19.9 Å². The Bertz CT molecular complexity index is 300. The first kappa shape index (κ1) is 15.0. The van der Waals surface area contributed by atoms with Crippen LogP contribution in [0.2, 0.25) is 0 Å². The third kappa shape index (κ3) is 7.27. The third-order valence-electron chi connectivity index (χ3n) is 2.54. The first-order valence-corrected chi connectivity index (χ1v) is 6.32. The van der Waals surface area contributed by atoms with Gasteiger partial charge in [-0.25, -0.2) is 0 Å². The van der Waals surface area contributed by atoms with Gasteiger partial charge < -0.3 is 19.9 Å². The highest BCUT2D eigenvalue weighted by Crippen LogP contribution is 2.07. The number of aryl methyl sites for hydroxylation is 1. The maximum Gasteiger partial charge on any atom is 0.0701 e. The van der Waals surface area contributed by atoms with E-state index in [1.165, 1.54) is 5.56 Å². The SMILES string of the molecule is COCCOCCOCCCc1ccc(N)cc1. The molecule has 0 fully saturated rings.